The van der Waals surface area contributed by atoms with Gasteiger partial charge in [-0.1, -0.05) is 18.2 Å². The first kappa shape index (κ1) is 12.4. The molecule has 104 valence electrons. The Balaban J connectivity index is 1.89. The standard InChI is InChI=1S/C17H16N4/c18-14-5-3-7-16-13(14)10-20-17(21-16)12-8-9-19-15-6-2-1-4-11(12)15/h1-2,4,6,8-10,14H,3,5,7,18H2. The first-order valence-electron chi connectivity index (χ1n) is 7.28. The highest BCUT2D eigenvalue weighted by Crippen LogP contribution is 2.29. The van der Waals surface area contributed by atoms with Gasteiger partial charge in [0.05, 0.1) is 5.52 Å². The molecule has 4 rings (SSSR count). The average molecular weight is 276 g/mol. The molecule has 1 unspecified atom stereocenters. The normalized spacial score (nSPS) is 17.7. The van der Waals surface area contributed by atoms with Gasteiger partial charge >= 0.3 is 0 Å². The fraction of sp³-hybridized carbons (Fsp3) is 0.235. The lowest BCUT2D eigenvalue weighted by Crippen LogP contribution is -2.19. The smallest absolute Gasteiger partial charge is 0.160 e. The monoisotopic (exact) mass is 276 g/mol. The van der Waals surface area contributed by atoms with Crippen molar-refractivity contribution in [1.29, 1.82) is 0 Å². The van der Waals surface area contributed by atoms with Crippen molar-refractivity contribution in [2.75, 3.05) is 0 Å². The predicted octanol–water partition coefficient (Wildman–Crippen LogP) is 3.03. The van der Waals surface area contributed by atoms with Crippen LogP contribution in [0, 0.1) is 0 Å². The van der Waals surface area contributed by atoms with Gasteiger partial charge in [0.25, 0.3) is 0 Å². The molecule has 2 N–H and O–H groups in total. The summed E-state index contributed by atoms with van der Waals surface area (Å²) < 4.78 is 0. The molecule has 0 spiro atoms. The third kappa shape index (κ3) is 2.08. The molecule has 4 nitrogen and oxygen atoms in total. The molecule has 0 saturated carbocycles. The van der Waals surface area contributed by atoms with Gasteiger partial charge in [0, 0.05) is 40.6 Å². The zero-order valence-corrected chi connectivity index (χ0v) is 11.7. The van der Waals surface area contributed by atoms with E-state index in [0.717, 1.165) is 52.8 Å². The molecule has 0 amide bonds. The molecule has 0 saturated heterocycles. The number of pyridine rings is 1. The summed E-state index contributed by atoms with van der Waals surface area (Å²) in [6.07, 6.45) is 6.82. The van der Waals surface area contributed by atoms with Crippen LogP contribution in [0.15, 0.2) is 42.7 Å². The number of fused-ring (bicyclic) bond motifs is 2. The summed E-state index contributed by atoms with van der Waals surface area (Å²) in [7, 11) is 0. The van der Waals surface area contributed by atoms with Gasteiger partial charge in [-0.15, -0.1) is 0 Å². The van der Waals surface area contributed by atoms with Gasteiger partial charge in [-0.05, 0) is 31.4 Å². The second-order valence-corrected chi connectivity index (χ2v) is 5.47. The summed E-state index contributed by atoms with van der Waals surface area (Å²) in [5.41, 5.74) is 10.3. The molecule has 0 bridgehead atoms. The third-order valence-electron chi connectivity index (χ3n) is 4.12. The molecule has 2 heterocycles. The Bertz CT molecular complexity index is 807. The van der Waals surface area contributed by atoms with Gasteiger partial charge < -0.3 is 5.73 Å². The first-order valence-corrected chi connectivity index (χ1v) is 7.28. The van der Waals surface area contributed by atoms with Crippen molar-refractivity contribution >= 4 is 10.9 Å². The second-order valence-electron chi connectivity index (χ2n) is 5.47. The highest BCUT2D eigenvalue weighted by molar-refractivity contribution is 5.92. The molecule has 1 atom stereocenters. The molecule has 0 radical (unpaired) electrons. The lowest BCUT2D eigenvalue weighted by atomic mass is 9.93. The number of hydrogen-bond donors (Lipinski definition) is 1. The topological polar surface area (TPSA) is 64.7 Å². The van der Waals surface area contributed by atoms with E-state index >= 15 is 0 Å². The summed E-state index contributed by atoms with van der Waals surface area (Å²) in [4.78, 5) is 13.7. The van der Waals surface area contributed by atoms with Crippen LogP contribution in [0.5, 0.6) is 0 Å². The second kappa shape index (κ2) is 4.90. The zero-order valence-electron chi connectivity index (χ0n) is 11.7. The van der Waals surface area contributed by atoms with Crippen LogP contribution in [0.2, 0.25) is 0 Å². The van der Waals surface area contributed by atoms with Crippen molar-refractivity contribution in [3.8, 4) is 11.4 Å². The van der Waals surface area contributed by atoms with Crippen LogP contribution in [0.4, 0.5) is 0 Å². The van der Waals surface area contributed by atoms with E-state index in [-0.39, 0.29) is 6.04 Å². The maximum absolute atomic E-state index is 6.14. The molecule has 4 heteroatoms. The first-order chi connectivity index (χ1) is 10.3. The minimum atomic E-state index is 0.0805. The summed E-state index contributed by atoms with van der Waals surface area (Å²) in [5.74, 6) is 0.765. The molecular weight excluding hydrogens is 260 g/mol. The van der Waals surface area contributed by atoms with Gasteiger partial charge in [-0.3, -0.25) is 4.98 Å². The molecule has 21 heavy (non-hydrogen) atoms. The molecule has 0 aliphatic heterocycles. The number of nitrogens with two attached hydrogens (primary N) is 1. The summed E-state index contributed by atoms with van der Waals surface area (Å²) in [6, 6.07) is 10.1. The SMILES string of the molecule is NC1CCCc2nc(-c3ccnc4ccccc34)ncc21. The van der Waals surface area contributed by atoms with E-state index in [1.54, 1.807) is 0 Å². The minimum absolute atomic E-state index is 0.0805. The van der Waals surface area contributed by atoms with Gasteiger partial charge in [-0.2, -0.15) is 0 Å². The van der Waals surface area contributed by atoms with Gasteiger partial charge in [-0.25, -0.2) is 9.97 Å². The molecule has 0 fully saturated rings. The van der Waals surface area contributed by atoms with Gasteiger partial charge in [0.2, 0.25) is 0 Å². The summed E-state index contributed by atoms with van der Waals surface area (Å²) in [6.45, 7) is 0. The summed E-state index contributed by atoms with van der Waals surface area (Å²) >= 11 is 0. The van der Waals surface area contributed by atoms with Crippen molar-refractivity contribution in [3.05, 3.63) is 54.0 Å². The molecule has 3 aromatic rings. The Kier molecular flexibility index (Phi) is 2.89. The lowest BCUT2D eigenvalue weighted by molar-refractivity contribution is 0.557. The van der Waals surface area contributed by atoms with Crippen LogP contribution in [0.3, 0.4) is 0 Å². The van der Waals surface area contributed by atoms with Crippen LogP contribution in [-0.4, -0.2) is 15.0 Å². The molecular formula is C17H16N4. The average Bonchev–Trinajstić information content (AvgIpc) is 2.54. The quantitative estimate of drug-likeness (QED) is 0.742. The number of hydrogen-bond acceptors (Lipinski definition) is 4. The molecule has 1 aromatic carbocycles. The maximum Gasteiger partial charge on any atom is 0.160 e. The minimum Gasteiger partial charge on any atom is -0.324 e. The van der Waals surface area contributed by atoms with Crippen molar-refractivity contribution in [2.24, 2.45) is 5.73 Å². The van der Waals surface area contributed by atoms with E-state index < -0.39 is 0 Å². The maximum atomic E-state index is 6.14. The zero-order chi connectivity index (χ0) is 14.2. The van der Waals surface area contributed by atoms with Crippen molar-refractivity contribution in [1.82, 2.24) is 15.0 Å². The van der Waals surface area contributed by atoms with Crippen LogP contribution in [0.1, 0.15) is 30.1 Å². The van der Waals surface area contributed by atoms with E-state index in [0.29, 0.717) is 0 Å². The Morgan fingerprint density at radius 1 is 1.10 bits per heavy atom. The van der Waals surface area contributed by atoms with Crippen LogP contribution >= 0.6 is 0 Å². The largest absolute Gasteiger partial charge is 0.324 e. The fourth-order valence-electron chi connectivity index (χ4n) is 3.00. The van der Waals surface area contributed by atoms with E-state index in [9.17, 15) is 0 Å². The highest BCUT2D eigenvalue weighted by Gasteiger charge is 2.19. The van der Waals surface area contributed by atoms with Gasteiger partial charge in [0.1, 0.15) is 0 Å². The van der Waals surface area contributed by atoms with Crippen molar-refractivity contribution in [3.63, 3.8) is 0 Å². The fourth-order valence-corrected chi connectivity index (χ4v) is 3.00. The number of benzene rings is 1. The number of rotatable bonds is 1. The molecule has 2 aromatic heterocycles. The molecule has 1 aliphatic rings. The van der Waals surface area contributed by atoms with E-state index in [1.165, 1.54) is 0 Å². The number of aryl methyl sites for hydroxylation is 1. The Labute approximate surface area is 123 Å². The Morgan fingerprint density at radius 3 is 2.95 bits per heavy atom. The molecule has 1 aliphatic carbocycles. The predicted molar refractivity (Wildman–Crippen MR) is 82.6 cm³/mol. The van der Waals surface area contributed by atoms with Crippen LogP contribution in [0.25, 0.3) is 22.3 Å². The van der Waals surface area contributed by atoms with Gasteiger partial charge in [0.15, 0.2) is 5.82 Å². The van der Waals surface area contributed by atoms with Crippen molar-refractivity contribution in [2.45, 2.75) is 25.3 Å². The Morgan fingerprint density at radius 2 is 2.00 bits per heavy atom. The number of para-hydroxylation sites is 1. The highest BCUT2D eigenvalue weighted by atomic mass is 14.9. The number of aromatic nitrogens is 3. The number of nitrogens with zero attached hydrogens (tertiary/aromatic N) is 3. The van der Waals surface area contributed by atoms with E-state index in [4.69, 9.17) is 10.7 Å². The Hall–Kier alpha value is -2.33. The van der Waals surface area contributed by atoms with E-state index in [1.807, 2.05) is 36.7 Å². The van der Waals surface area contributed by atoms with Crippen LogP contribution in [-0.2, 0) is 6.42 Å². The summed E-state index contributed by atoms with van der Waals surface area (Å²) in [5, 5.41) is 1.08. The van der Waals surface area contributed by atoms with E-state index in [2.05, 4.69) is 16.0 Å². The van der Waals surface area contributed by atoms with Crippen molar-refractivity contribution < 1.29 is 0 Å². The lowest BCUT2D eigenvalue weighted by Gasteiger charge is -2.21. The van der Waals surface area contributed by atoms with Crippen LogP contribution < -0.4 is 5.73 Å². The third-order valence-corrected chi connectivity index (χ3v) is 4.12.